The zero-order chi connectivity index (χ0) is 16.4. The Kier molecular flexibility index (Phi) is 4.18. The number of aryl methyl sites for hydroxylation is 1. The lowest BCUT2D eigenvalue weighted by molar-refractivity contribution is 0.509. The molecule has 5 heteroatoms. The molecule has 2 aromatic carbocycles. The molecule has 114 valence electrons. The van der Waals surface area contributed by atoms with Crippen molar-refractivity contribution < 1.29 is 13.2 Å². The molecule has 0 radical (unpaired) electrons. The van der Waals surface area contributed by atoms with Crippen molar-refractivity contribution in [2.75, 3.05) is 0 Å². The largest absolute Gasteiger partial charge is 0.249 e. The average molecular weight is 329 g/mol. The second kappa shape index (κ2) is 6.27. The fraction of sp³-hybridized carbons (Fsp3) is 0.0556. The highest BCUT2D eigenvalue weighted by atomic mass is 32.1. The van der Waals surface area contributed by atoms with Gasteiger partial charge in [0.2, 0.25) is 0 Å². The Bertz CT molecular complexity index is 935. The number of rotatable bonds is 1. The van der Waals surface area contributed by atoms with Crippen LogP contribution in [0.3, 0.4) is 0 Å². The molecule has 0 saturated heterocycles. The molecule has 0 atom stereocenters. The molecule has 0 unspecified atom stereocenters. The standard InChI is InChI=1S/C18H10F3NS/c1-11-22-10-15(23-11)6-4-12-2-3-13(8-17(12)20)14-5-7-16(19)18(21)9-14/h2-3,5,7-10H,1H3. The van der Waals surface area contributed by atoms with Crippen molar-refractivity contribution in [2.24, 2.45) is 0 Å². The average Bonchev–Trinajstić information content (AvgIpc) is 2.94. The van der Waals surface area contributed by atoms with Gasteiger partial charge < -0.3 is 0 Å². The Hall–Kier alpha value is -2.58. The van der Waals surface area contributed by atoms with Crippen LogP contribution in [0.15, 0.2) is 42.6 Å². The lowest BCUT2D eigenvalue weighted by Crippen LogP contribution is -1.88. The van der Waals surface area contributed by atoms with Gasteiger partial charge in [0.1, 0.15) is 5.82 Å². The maximum absolute atomic E-state index is 14.1. The van der Waals surface area contributed by atoms with Crippen LogP contribution in [0, 0.1) is 36.2 Å². The zero-order valence-electron chi connectivity index (χ0n) is 12.0. The van der Waals surface area contributed by atoms with Gasteiger partial charge in [0, 0.05) is 0 Å². The van der Waals surface area contributed by atoms with Crippen LogP contribution in [0.2, 0.25) is 0 Å². The normalized spacial score (nSPS) is 10.3. The molecule has 1 heterocycles. The van der Waals surface area contributed by atoms with Crippen LogP contribution in [0.25, 0.3) is 11.1 Å². The molecule has 0 N–H and O–H groups in total. The zero-order valence-corrected chi connectivity index (χ0v) is 12.8. The predicted molar refractivity (Wildman–Crippen MR) is 84.6 cm³/mol. The molecule has 0 fully saturated rings. The highest BCUT2D eigenvalue weighted by Crippen LogP contribution is 2.23. The quantitative estimate of drug-likeness (QED) is 0.577. The second-order valence-corrected chi connectivity index (χ2v) is 6.05. The minimum Gasteiger partial charge on any atom is -0.249 e. The summed E-state index contributed by atoms with van der Waals surface area (Å²) < 4.78 is 40.3. The van der Waals surface area contributed by atoms with Crippen LogP contribution >= 0.6 is 11.3 Å². The lowest BCUT2D eigenvalue weighted by Gasteiger charge is -2.04. The van der Waals surface area contributed by atoms with Crippen molar-refractivity contribution in [3.63, 3.8) is 0 Å². The summed E-state index contributed by atoms with van der Waals surface area (Å²) in [5.41, 5.74) is 1.10. The first-order valence-corrected chi connectivity index (χ1v) is 7.54. The van der Waals surface area contributed by atoms with Gasteiger partial charge in [-0.15, -0.1) is 11.3 Å². The smallest absolute Gasteiger partial charge is 0.159 e. The van der Waals surface area contributed by atoms with E-state index in [1.165, 1.54) is 29.5 Å². The topological polar surface area (TPSA) is 12.9 Å². The van der Waals surface area contributed by atoms with Crippen LogP contribution in [-0.4, -0.2) is 4.98 Å². The van der Waals surface area contributed by atoms with Crippen molar-refractivity contribution in [1.82, 2.24) is 4.98 Å². The van der Waals surface area contributed by atoms with E-state index in [1.54, 1.807) is 12.3 Å². The van der Waals surface area contributed by atoms with E-state index in [9.17, 15) is 13.2 Å². The summed E-state index contributed by atoms with van der Waals surface area (Å²) >= 11 is 1.43. The summed E-state index contributed by atoms with van der Waals surface area (Å²) in [5.74, 6) is 3.20. The van der Waals surface area contributed by atoms with Crippen LogP contribution in [-0.2, 0) is 0 Å². The van der Waals surface area contributed by atoms with Crippen LogP contribution < -0.4 is 0 Å². The van der Waals surface area contributed by atoms with Crippen molar-refractivity contribution in [2.45, 2.75) is 6.92 Å². The van der Waals surface area contributed by atoms with Crippen molar-refractivity contribution in [3.8, 4) is 23.0 Å². The lowest BCUT2D eigenvalue weighted by atomic mass is 10.0. The molecule has 0 aliphatic rings. The summed E-state index contributed by atoms with van der Waals surface area (Å²) in [6.07, 6.45) is 1.64. The Labute approximate surface area is 135 Å². The minimum atomic E-state index is -0.965. The predicted octanol–water partition coefficient (Wildman–Crippen LogP) is 4.94. The van der Waals surface area contributed by atoms with Gasteiger partial charge in [-0.25, -0.2) is 18.2 Å². The molecule has 0 amide bonds. The Morgan fingerprint density at radius 2 is 1.57 bits per heavy atom. The number of aromatic nitrogens is 1. The maximum Gasteiger partial charge on any atom is 0.159 e. The molecule has 0 aliphatic heterocycles. The molecule has 0 aliphatic carbocycles. The maximum atomic E-state index is 14.1. The first-order valence-electron chi connectivity index (χ1n) is 6.72. The van der Waals surface area contributed by atoms with Gasteiger partial charge in [0.25, 0.3) is 0 Å². The van der Waals surface area contributed by atoms with Crippen LogP contribution in [0.4, 0.5) is 13.2 Å². The number of hydrogen-bond acceptors (Lipinski definition) is 2. The van der Waals surface area contributed by atoms with Crippen LogP contribution in [0.5, 0.6) is 0 Å². The third kappa shape index (κ3) is 3.43. The molecule has 23 heavy (non-hydrogen) atoms. The minimum absolute atomic E-state index is 0.238. The van der Waals surface area contributed by atoms with E-state index in [0.29, 0.717) is 11.1 Å². The van der Waals surface area contributed by atoms with Gasteiger partial charge in [-0.05, 0) is 48.2 Å². The summed E-state index contributed by atoms with van der Waals surface area (Å²) in [6, 6.07) is 7.86. The Balaban J connectivity index is 1.91. The van der Waals surface area contributed by atoms with E-state index in [2.05, 4.69) is 16.8 Å². The fourth-order valence-electron chi connectivity index (χ4n) is 2.02. The third-order valence-electron chi connectivity index (χ3n) is 3.16. The molecule has 1 nitrogen and oxygen atoms in total. The molecular weight excluding hydrogens is 319 g/mol. The SMILES string of the molecule is Cc1ncc(C#Cc2ccc(-c3ccc(F)c(F)c3)cc2F)s1. The van der Waals surface area contributed by atoms with E-state index in [-0.39, 0.29) is 5.56 Å². The molecular formula is C18H10F3NS. The first kappa shape index (κ1) is 15.3. The highest BCUT2D eigenvalue weighted by Gasteiger charge is 2.07. The summed E-state index contributed by atoms with van der Waals surface area (Å²) in [7, 11) is 0. The van der Waals surface area contributed by atoms with E-state index < -0.39 is 17.5 Å². The number of thiazole rings is 1. The number of nitrogens with zero attached hydrogens (tertiary/aromatic N) is 1. The van der Waals surface area contributed by atoms with Crippen molar-refractivity contribution in [1.29, 1.82) is 0 Å². The van der Waals surface area contributed by atoms with E-state index >= 15 is 0 Å². The molecule has 0 saturated carbocycles. The molecule has 0 bridgehead atoms. The summed E-state index contributed by atoms with van der Waals surface area (Å²) in [6.45, 7) is 1.87. The first-order chi connectivity index (χ1) is 11.0. The van der Waals surface area contributed by atoms with E-state index in [4.69, 9.17) is 0 Å². The van der Waals surface area contributed by atoms with Gasteiger partial charge in [-0.2, -0.15) is 0 Å². The van der Waals surface area contributed by atoms with Gasteiger partial charge in [0.05, 0.1) is 21.6 Å². The summed E-state index contributed by atoms with van der Waals surface area (Å²) in [5, 5.41) is 0.892. The Morgan fingerprint density at radius 1 is 0.870 bits per heavy atom. The molecule has 3 aromatic rings. The third-order valence-corrected chi connectivity index (χ3v) is 3.99. The van der Waals surface area contributed by atoms with Gasteiger partial charge in [-0.3, -0.25) is 0 Å². The second-order valence-electron chi connectivity index (χ2n) is 4.82. The van der Waals surface area contributed by atoms with Crippen molar-refractivity contribution >= 4 is 11.3 Å². The van der Waals surface area contributed by atoms with Gasteiger partial charge in [-0.1, -0.05) is 18.1 Å². The van der Waals surface area contributed by atoms with E-state index in [1.807, 2.05) is 6.92 Å². The molecule has 1 aromatic heterocycles. The van der Waals surface area contributed by atoms with Crippen LogP contribution in [0.1, 0.15) is 15.4 Å². The van der Waals surface area contributed by atoms with Gasteiger partial charge in [0.15, 0.2) is 11.6 Å². The Morgan fingerprint density at radius 3 is 2.17 bits per heavy atom. The number of halogens is 3. The van der Waals surface area contributed by atoms with Crippen molar-refractivity contribution in [3.05, 3.63) is 75.5 Å². The monoisotopic (exact) mass is 329 g/mol. The summed E-state index contributed by atoms with van der Waals surface area (Å²) in [4.78, 5) is 4.83. The molecule has 3 rings (SSSR count). The fourth-order valence-corrected chi connectivity index (χ4v) is 2.65. The van der Waals surface area contributed by atoms with Gasteiger partial charge >= 0.3 is 0 Å². The van der Waals surface area contributed by atoms with E-state index in [0.717, 1.165) is 22.0 Å². The molecule has 0 spiro atoms. The number of benzene rings is 2. The number of hydrogen-bond donors (Lipinski definition) is 0. The highest BCUT2D eigenvalue weighted by molar-refractivity contribution is 7.12.